The van der Waals surface area contributed by atoms with Crippen molar-refractivity contribution in [2.24, 2.45) is 0 Å². The fraction of sp³-hybridized carbons (Fsp3) is 0.316. The number of carbonyl (C=O) groups is 1. The summed E-state index contributed by atoms with van der Waals surface area (Å²) in [5, 5.41) is 0.00579. The van der Waals surface area contributed by atoms with Crippen LogP contribution in [-0.2, 0) is 19.4 Å². The second-order valence-electron chi connectivity index (χ2n) is 6.16. The molecule has 0 aliphatic carbocycles. The lowest BCUT2D eigenvalue weighted by atomic mass is 10.1. The number of nitrogen functional groups attached to an aromatic ring is 1. The molecule has 1 unspecified atom stereocenters. The van der Waals surface area contributed by atoms with E-state index in [1.165, 1.54) is 31.4 Å². The van der Waals surface area contributed by atoms with Gasteiger partial charge in [-0.2, -0.15) is 0 Å². The summed E-state index contributed by atoms with van der Waals surface area (Å²) in [5.74, 6) is -0.762. The highest BCUT2D eigenvalue weighted by Crippen LogP contribution is 2.32. The highest BCUT2D eigenvalue weighted by atomic mass is 35.5. The van der Waals surface area contributed by atoms with Crippen LogP contribution in [0.1, 0.15) is 35.7 Å². The predicted octanol–water partition coefficient (Wildman–Crippen LogP) is 3.50. The smallest absolute Gasteiger partial charge is 0.278 e. The van der Waals surface area contributed by atoms with Gasteiger partial charge in [-0.05, 0) is 36.8 Å². The maximum Gasteiger partial charge on any atom is 0.278 e. The van der Waals surface area contributed by atoms with Gasteiger partial charge in [0.25, 0.3) is 5.91 Å². The molecule has 0 spiro atoms. The summed E-state index contributed by atoms with van der Waals surface area (Å²) in [5.41, 5.74) is 8.60. The van der Waals surface area contributed by atoms with E-state index in [1.54, 1.807) is 19.1 Å². The number of hydroxylamine groups is 1. The number of methoxy groups -OCH3 is 1. The molecular weight excluding hydrogens is 404 g/mol. The highest BCUT2D eigenvalue weighted by Gasteiger charge is 2.26. The summed E-state index contributed by atoms with van der Waals surface area (Å²) in [6, 6.07) is 9.00. The number of anilines is 1. The van der Waals surface area contributed by atoms with Crippen LogP contribution in [0.25, 0.3) is 0 Å². The molecule has 28 heavy (non-hydrogen) atoms. The lowest BCUT2D eigenvalue weighted by Gasteiger charge is -2.17. The predicted molar refractivity (Wildman–Crippen MR) is 107 cm³/mol. The van der Waals surface area contributed by atoms with Crippen molar-refractivity contribution in [3.63, 3.8) is 0 Å². The summed E-state index contributed by atoms with van der Waals surface area (Å²) >= 11 is 6.11. The lowest BCUT2D eigenvalue weighted by Crippen LogP contribution is -2.31. The van der Waals surface area contributed by atoms with E-state index >= 15 is 0 Å². The monoisotopic (exact) mass is 426 g/mol. The van der Waals surface area contributed by atoms with Crippen LogP contribution in [0.4, 0.5) is 5.69 Å². The Balaban J connectivity index is 2.39. The van der Waals surface area contributed by atoms with Crippen molar-refractivity contribution in [2.75, 3.05) is 12.8 Å². The van der Waals surface area contributed by atoms with E-state index in [4.69, 9.17) is 26.9 Å². The van der Waals surface area contributed by atoms with Gasteiger partial charge in [0.15, 0.2) is 6.29 Å². The molecule has 0 heterocycles. The molecule has 0 fully saturated rings. The molecule has 152 valence electrons. The summed E-state index contributed by atoms with van der Waals surface area (Å²) in [6.45, 7) is 3.72. The van der Waals surface area contributed by atoms with Gasteiger partial charge in [-0.15, -0.1) is 0 Å². The second-order valence-corrected chi connectivity index (χ2v) is 8.48. The summed E-state index contributed by atoms with van der Waals surface area (Å²) in [6.07, 6.45) is 0.691. The topological polar surface area (TPSA) is 108 Å². The largest absolute Gasteiger partial charge is 0.397 e. The number of benzene rings is 2. The van der Waals surface area contributed by atoms with Crippen molar-refractivity contribution in [1.82, 2.24) is 5.48 Å². The molecule has 0 aliphatic rings. The van der Waals surface area contributed by atoms with Crippen molar-refractivity contribution in [3.05, 3.63) is 52.5 Å². The van der Waals surface area contributed by atoms with Gasteiger partial charge in [-0.3, -0.25) is 4.79 Å². The van der Waals surface area contributed by atoms with Crippen molar-refractivity contribution < 1.29 is 22.8 Å². The van der Waals surface area contributed by atoms with Gasteiger partial charge in [0.2, 0.25) is 9.84 Å². The number of ether oxygens (including phenoxy) is 1. The van der Waals surface area contributed by atoms with Gasteiger partial charge in [0.1, 0.15) is 0 Å². The normalized spacial score (nSPS) is 12.6. The average molecular weight is 427 g/mol. The Kier molecular flexibility index (Phi) is 7.42. The van der Waals surface area contributed by atoms with Crippen LogP contribution in [0.5, 0.6) is 0 Å². The first-order chi connectivity index (χ1) is 13.2. The molecule has 0 bridgehead atoms. The quantitative estimate of drug-likeness (QED) is 0.380. The number of sulfone groups is 1. The fourth-order valence-corrected chi connectivity index (χ4v) is 4.32. The summed E-state index contributed by atoms with van der Waals surface area (Å²) < 4.78 is 31.1. The molecule has 2 aromatic carbocycles. The zero-order chi connectivity index (χ0) is 20.9. The van der Waals surface area contributed by atoms with E-state index in [1.807, 2.05) is 6.92 Å². The Hall–Kier alpha value is -2.13. The fourth-order valence-electron chi connectivity index (χ4n) is 2.58. The van der Waals surface area contributed by atoms with Gasteiger partial charge >= 0.3 is 0 Å². The molecule has 0 saturated heterocycles. The molecule has 2 rings (SSSR count). The van der Waals surface area contributed by atoms with Crippen LogP contribution < -0.4 is 11.2 Å². The van der Waals surface area contributed by atoms with Crippen LogP contribution in [0.15, 0.2) is 46.2 Å². The van der Waals surface area contributed by atoms with E-state index < -0.39 is 22.0 Å². The average Bonchev–Trinajstić information content (AvgIpc) is 2.65. The minimum absolute atomic E-state index is 0.00579. The van der Waals surface area contributed by atoms with E-state index in [0.29, 0.717) is 6.42 Å². The molecule has 2 aromatic rings. The molecule has 0 aliphatic heterocycles. The van der Waals surface area contributed by atoms with E-state index in [9.17, 15) is 13.2 Å². The molecule has 3 N–H and O–H groups in total. The van der Waals surface area contributed by atoms with Crippen LogP contribution >= 0.6 is 11.6 Å². The molecule has 0 radical (unpaired) electrons. The van der Waals surface area contributed by atoms with Crippen molar-refractivity contribution in [3.8, 4) is 0 Å². The van der Waals surface area contributed by atoms with E-state index in [-0.39, 0.29) is 26.1 Å². The standard InChI is InChI=1S/C19H23ClN2O5S/c1-4-6-16(26-3)27-22-19(23)17-14(20)9-10-15(18(17)21)28(24,25)13-8-5-7-12(2)11-13/h5,7-11,16H,4,6,21H2,1-3H3,(H,22,23). The zero-order valence-electron chi connectivity index (χ0n) is 15.9. The van der Waals surface area contributed by atoms with E-state index in [2.05, 4.69) is 5.48 Å². The third kappa shape index (κ3) is 4.82. The van der Waals surface area contributed by atoms with Gasteiger partial charge in [0, 0.05) is 13.5 Å². The number of aryl methyl sites for hydroxylation is 1. The Bertz CT molecular complexity index is 963. The summed E-state index contributed by atoms with van der Waals surface area (Å²) in [7, 11) is -2.49. The minimum atomic E-state index is -3.94. The molecule has 0 saturated carbocycles. The maximum absolute atomic E-state index is 13.0. The highest BCUT2D eigenvalue weighted by molar-refractivity contribution is 7.91. The lowest BCUT2D eigenvalue weighted by molar-refractivity contribution is -0.157. The van der Waals surface area contributed by atoms with Crippen LogP contribution in [0.3, 0.4) is 0 Å². The number of rotatable bonds is 8. The van der Waals surface area contributed by atoms with Crippen LogP contribution in [0, 0.1) is 6.92 Å². The van der Waals surface area contributed by atoms with Crippen LogP contribution in [-0.4, -0.2) is 27.7 Å². The Morgan fingerprint density at radius 3 is 2.61 bits per heavy atom. The first-order valence-corrected chi connectivity index (χ1v) is 10.5. The Morgan fingerprint density at radius 2 is 2.00 bits per heavy atom. The van der Waals surface area contributed by atoms with Gasteiger partial charge < -0.3 is 10.5 Å². The number of carbonyl (C=O) groups excluding carboxylic acids is 1. The van der Waals surface area contributed by atoms with Gasteiger partial charge in [-0.1, -0.05) is 37.1 Å². The van der Waals surface area contributed by atoms with Crippen LogP contribution in [0.2, 0.25) is 5.02 Å². The molecule has 1 amide bonds. The van der Waals surface area contributed by atoms with Gasteiger partial charge in [0.05, 0.1) is 26.1 Å². The molecule has 9 heteroatoms. The third-order valence-corrected chi connectivity index (χ3v) is 6.17. The molecule has 7 nitrogen and oxygen atoms in total. The number of nitrogens with two attached hydrogens (primary N) is 1. The van der Waals surface area contributed by atoms with Crippen molar-refractivity contribution >= 4 is 33.0 Å². The molecule has 0 aromatic heterocycles. The number of amides is 1. The second kappa shape index (κ2) is 9.38. The van der Waals surface area contributed by atoms with Crippen molar-refractivity contribution in [1.29, 1.82) is 0 Å². The molecular formula is C19H23ClN2O5S. The Morgan fingerprint density at radius 1 is 1.29 bits per heavy atom. The number of hydrogen-bond acceptors (Lipinski definition) is 6. The first kappa shape index (κ1) is 22.2. The van der Waals surface area contributed by atoms with E-state index in [0.717, 1.165) is 12.0 Å². The maximum atomic E-state index is 13.0. The van der Waals surface area contributed by atoms with Gasteiger partial charge in [-0.25, -0.2) is 18.7 Å². The SMILES string of the molecule is CCCC(OC)ONC(=O)c1c(Cl)ccc(S(=O)(=O)c2cccc(C)c2)c1N. The molecule has 1 atom stereocenters. The zero-order valence-corrected chi connectivity index (χ0v) is 17.4. The number of halogens is 1. The summed E-state index contributed by atoms with van der Waals surface area (Å²) in [4.78, 5) is 17.6. The number of hydrogen-bond donors (Lipinski definition) is 2. The third-order valence-electron chi connectivity index (χ3n) is 4.04. The number of nitrogens with one attached hydrogen (secondary N) is 1. The first-order valence-electron chi connectivity index (χ1n) is 8.60. The Labute approximate surface area is 169 Å². The van der Waals surface area contributed by atoms with Crippen molar-refractivity contribution in [2.45, 2.75) is 42.8 Å². The minimum Gasteiger partial charge on any atom is -0.397 e.